The predicted molar refractivity (Wildman–Crippen MR) is 113 cm³/mol. The van der Waals surface area contributed by atoms with Crippen LogP contribution in [0.5, 0.6) is 0 Å². The van der Waals surface area contributed by atoms with Gasteiger partial charge in [-0.15, -0.1) is 11.3 Å². The lowest BCUT2D eigenvalue weighted by atomic mass is 10.2. The zero-order valence-electron chi connectivity index (χ0n) is 15.2. The maximum atomic E-state index is 13.0. The Morgan fingerprint density at radius 3 is 2.46 bits per heavy atom. The summed E-state index contributed by atoms with van der Waals surface area (Å²) in [4.78, 5) is 32.4. The number of rotatable bonds is 6. The minimum absolute atomic E-state index is 0.0348. The standard InChI is InChI=1S/C22H19N3O2S/c26-20(11-13-24-16-23-21-19(22(24)27)12-14-28-21)25(18-9-5-2-6-10-18)15-17-7-3-1-4-8-17/h1-10,12,14,16H,11,13,15H2. The van der Waals surface area contributed by atoms with E-state index in [9.17, 15) is 9.59 Å². The van der Waals surface area contributed by atoms with Gasteiger partial charge in [-0.05, 0) is 29.1 Å². The van der Waals surface area contributed by atoms with Crippen molar-refractivity contribution in [2.24, 2.45) is 0 Å². The molecule has 0 fully saturated rings. The minimum atomic E-state index is -0.103. The molecular formula is C22H19N3O2S. The fourth-order valence-electron chi connectivity index (χ4n) is 3.10. The number of aryl methyl sites for hydroxylation is 1. The van der Waals surface area contributed by atoms with E-state index in [1.54, 1.807) is 11.0 Å². The molecule has 28 heavy (non-hydrogen) atoms. The van der Waals surface area contributed by atoms with Gasteiger partial charge in [-0.2, -0.15) is 0 Å². The Kier molecular flexibility index (Phi) is 5.30. The molecule has 0 unspecified atom stereocenters. The smallest absolute Gasteiger partial charge is 0.262 e. The van der Waals surface area contributed by atoms with Crippen molar-refractivity contribution in [2.75, 3.05) is 4.90 Å². The Labute approximate surface area is 166 Å². The van der Waals surface area contributed by atoms with E-state index in [1.807, 2.05) is 66.0 Å². The molecule has 5 nitrogen and oxygen atoms in total. The van der Waals surface area contributed by atoms with E-state index in [0.717, 1.165) is 16.1 Å². The molecule has 0 spiro atoms. The molecule has 4 rings (SSSR count). The quantitative estimate of drug-likeness (QED) is 0.499. The van der Waals surface area contributed by atoms with Crippen LogP contribution in [0.4, 0.5) is 5.69 Å². The number of anilines is 1. The average Bonchev–Trinajstić information content (AvgIpc) is 3.22. The number of carbonyl (C=O) groups is 1. The number of fused-ring (bicyclic) bond motifs is 1. The molecule has 0 atom stereocenters. The van der Waals surface area contributed by atoms with Gasteiger partial charge in [0.1, 0.15) is 4.83 Å². The lowest BCUT2D eigenvalue weighted by Gasteiger charge is -2.23. The molecular weight excluding hydrogens is 370 g/mol. The number of carbonyl (C=O) groups excluding carboxylic acids is 1. The second-order valence-electron chi connectivity index (χ2n) is 6.43. The third-order valence-corrected chi connectivity index (χ3v) is 5.39. The number of nitrogens with zero attached hydrogens (tertiary/aromatic N) is 3. The van der Waals surface area contributed by atoms with E-state index in [-0.39, 0.29) is 17.9 Å². The largest absolute Gasteiger partial charge is 0.308 e. The topological polar surface area (TPSA) is 55.2 Å². The summed E-state index contributed by atoms with van der Waals surface area (Å²) in [6, 6.07) is 21.3. The normalized spacial score (nSPS) is 10.9. The third-order valence-electron chi connectivity index (χ3n) is 4.57. The van der Waals surface area contributed by atoms with Crippen molar-refractivity contribution in [2.45, 2.75) is 19.5 Å². The monoisotopic (exact) mass is 389 g/mol. The highest BCUT2D eigenvalue weighted by atomic mass is 32.1. The van der Waals surface area contributed by atoms with Crippen LogP contribution in [-0.2, 0) is 17.9 Å². The molecule has 2 aromatic carbocycles. The maximum absolute atomic E-state index is 13.0. The molecule has 1 amide bonds. The van der Waals surface area contributed by atoms with Crippen molar-refractivity contribution < 1.29 is 4.79 Å². The number of thiophene rings is 1. The second-order valence-corrected chi connectivity index (χ2v) is 7.33. The Morgan fingerprint density at radius 1 is 1.00 bits per heavy atom. The van der Waals surface area contributed by atoms with Gasteiger partial charge in [0, 0.05) is 18.7 Å². The Balaban J connectivity index is 1.55. The summed E-state index contributed by atoms with van der Waals surface area (Å²) < 4.78 is 1.51. The molecule has 0 saturated carbocycles. The summed E-state index contributed by atoms with van der Waals surface area (Å²) in [6.07, 6.45) is 1.75. The lowest BCUT2D eigenvalue weighted by molar-refractivity contribution is -0.119. The van der Waals surface area contributed by atoms with Crippen LogP contribution in [0.15, 0.2) is 83.2 Å². The molecule has 0 aliphatic heterocycles. The van der Waals surface area contributed by atoms with Crippen molar-refractivity contribution in [3.05, 3.63) is 94.4 Å². The molecule has 0 aliphatic rings. The van der Waals surface area contributed by atoms with Crippen LogP contribution in [-0.4, -0.2) is 15.5 Å². The summed E-state index contributed by atoms with van der Waals surface area (Å²) in [5, 5.41) is 2.45. The maximum Gasteiger partial charge on any atom is 0.262 e. The first kappa shape index (κ1) is 18.1. The number of hydrogen-bond acceptors (Lipinski definition) is 4. The summed E-state index contributed by atoms with van der Waals surface area (Å²) in [7, 11) is 0. The van der Waals surface area contributed by atoms with Gasteiger partial charge in [0.05, 0.1) is 18.3 Å². The first-order chi connectivity index (χ1) is 13.7. The number of hydrogen-bond donors (Lipinski definition) is 0. The average molecular weight is 389 g/mol. The second kappa shape index (κ2) is 8.19. The van der Waals surface area contributed by atoms with Crippen LogP contribution in [0.25, 0.3) is 10.2 Å². The van der Waals surface area contributed by atoms with Gasteiger partial charge in [-0.3, -0.25) is 14.2 Å². The highest BCUT2D eigenvalue weighted by Crippen LogP contribution is 2.18. The molecule has 0 saturated heterocycles. The SMILES string of the molecule is O=C(CCn1cnc2sccc2c1=O)N(Cc1ccccc1)c1ccccc1. The Morgan fingerprint density at radius 2 is 1.71 bits per heavy atom. The van der Waals surface area contributed by atoms with Gasteiger partial charge in [-0.25, -0.2) is 4.98 Å². The van der Waals surface area contributed by atoms with Gasteiger partial charge in [0.25, 0.3) is 5.56 Å². The first-order valence-electron chi connectivity index (χ1n) is 9.04. The highest BCUT2D eigenvalue weighted by Gasteiger charge is 2.17. The van der Waals surface area contributed by atoms with Crippen LogP contribution < -0.4 is 10.5 Å². The van der Waals surface area contributed by atoms with E-state index >= 15 is 0 Å². The van der Waals surface area contributed by atoms with Gasteiger partial charge in [0.2, 0.25) is 5.91 Å². The molecule has 6 heteroatoms. The summed E-state index contributed by atoms with van der Waals surface area (Å²) in [6.45, 7) is 0.787. The van der Waals surface area contributed by atoms with E-state index in [4.69, 9.17) is 0 Å². The predicted octanol–water partition coefficient (Wildman–Crippen LogP) is 4.08. The van der Waals surface area contributed by atoms with Crippen molar-refractivity contribution in [1.29, 1.82) is 0 Å². The molecule has 2 heterocycles. The first-order valence-corrected chi connectivity index (χ1v) is 9.92. The molecule has 0 N–H and O–H groups in total. The van der Waals surface area contributed by atoms with Crippen molar-refractivity contribution in [3.63, 3.8) is 0 Å². The summed E-state index contributed by atoms with van der Waals surface area (Å²) in [5.74, 6) is -0.0348. The van der Waals surface area contributed by atoms with Crippen molar-refractivity contribution >= 4 is 33.1 Å². The van der Waals surface area contributed by atoms with Gasteiger partial charge in [0.15, 0.2) is 0 Å². The fraction of sp³-hybridized carbons (Fsp3) is 0.136. The molecule has 0 radical (unpaired) electrons. The van der Waals surface area contributed by atoms with E-state index in [1.165, 1.54) is 22.2 Å². The summed E-state index contributed by atoms with van der Waals surface area (Å²) in [5.41, 5.74) is 1.79. The molecule has 140 valence electrons. The minimum Gasteiger partial charge on any atom is -0.308 e. The highest BCUT2D eigenvalue weighted by molar-refractivity contribution is 7.16. The van der Waals surface area contributed by atoms with Crippen LogP contribution in [0.3, 0.4) is 0 Å². The number of amides is 1. The number of para-hydroxylation sites is 1. The van der Waals surface area contributed by atoms with E-state index in [0.29, 0.717) is 18.5 Å². The number of aromatic nitrogens is 2. The molecule has 0 bridgehead atoms. The Hall–Kier alpha value is -3.25. The zero-order valence-corrected chi connectivity index (χ0v) is 16.0. The van der Waals surface area contributed by atoms with Crippen LogP contribution in [0.2, 0.25) is 0 Å². The van der Waals surface area contributed by atoms with Gasteiger partial charge in [-0.1, -0.05) is 48.5 Å². The van der Waals surface area contributed by atoms with Gasteiger partial charge < -0.3 is 4.90 Å². The Bertz CT molecular complexity index is 1140. The van der Waals surface area contributed by atoms with E-state index in [2.05, 4.69) is 4.98 Å². The zero-order chi connectivity index (χ0) is 19.3. The van der Waals surface area contributed by atoms with E-state index < -0.39 is 0 Å². The molecule has 2 aromatic heterocycles. The lowest BCUT2D eigenvalue weighted by Crippen LogP contribution is -2.32. The molecule has 0 aliphatic carbocycles. The van der Waals surface area contributed by atoms with Crippen LogP contribution in [0.1, 0.15) is 12.0 Å². The van der Waals surface area contributed by atoms with Crippen LogP contribution >= 0.6 is 11.3 Å². The fourth-order valence-corrected chi connectivity index (χ4v) is 3.82. The summed E-state index contributed by atoms with van der Waals surface area (Å²) >= 11 is 1.44. The van der Waals surface area contributed by atoms with Crippen molar-refractivity contribution in [3.8, 4) is 0 Å². The van der Waals surface area contributed by atoms with Crippen LogP contribution in [0, 0.1) is 0 Å². The number of benzene rings is 2. The van der Waals surface area contributed by atoms with Gasteiger partial charge >= 0.3 is 0 Å². The van der Waals surface area contributed by atoms with Crippen molar-refractivity contribution in [1.82, 2.24) is 9.55 Å². The third kappa shape index (κ3) is 3.87. The molecule has 4 aromatic rings.